The van der Waals surface area contributed by atoms with Gasteiger partial charge in [0.05, 0.1) is 0 Å². The number of anilines is 1. The zero-order valence-electron chi connectivity index (χ0n) is 12.8. The highest BCUT2D eigenvalue weighted by Crippen LogP contribution is 2.33. The van der Waals surface area contributed by atoms with Crippen LogP contribution in [-0.4, -0.2) is 18.6 Å². The first kappa shape index (κ1) is 13.9. The van der Waals surface area contributed by atoms with Gasteiger partial charge in [-0.25, -0.2) is 0 Å². The van der Waals surface area contributed by atoms with Crippen LogP contribution in [0.1, 0.15) is 56.1 Å². The molecule has 1 heterocycles. The van der Waals surface area contributed by atoms with Crippen LogP contribution in [0.3, 0.4) is 0 Å². The van der Waals surface area contributed by atoms with Crippen LogP contribution in [0.2, 0.25) is 0 Å². The summed E-state index contributed by atoms with van der Waals surface area (Å²) >= 11 is 0. The fraction of sp³-hybridized carbons (Fsp3) is 0.667. The average molecular weight is 272 g/mol. The van der Waals surface area contributed by atoms with Crippen molar-refractivity contribution < 1.29 is 0 Å². The highest BCUT2D eigenvalue weighted by molar-refractivity contribution is 5.57. The van der Waals surface area contributed by atoms with Crippen molar-refractivity contribution in [1.82, 2.24) is 0 Å². The first-order chi connectivity index (χ1) is 9.75. The lowest BCUT2D eigenvalue weighted by molar-refractivity contribution is 0.377. The molecule has 0 bridgehead atoms. The molecule has 2 heteroatoms. The van der Waals surface area contributed by atoms with Crippen LogP contribution in [0.4, 0.5) is 5.69 Å². The second-order valence-electron chi connectivity index (χ2n) is 6.65. The maximum absolute atomic E-state index is 6.52. The van der Waals surface area contributed by atoms with Crippen LogP contribution in [0.25, 0.3) is 0 Å². The fourth-order valence-electron chi connectivity index (χ4n) is 3.98. The monoisotopic (exact) mass is 272 g/mol. The summed E-state index contributed by atoms with van der Waals surface area (Å²) in [4.78, 5) is 2.63. The summed E-state index contributed by atoms with van der Waals surface area (Å²) in [6, 6.07) is 7.86. The van der Waals surface area contributed by atoms with Crippen molar-refractivity contribution in [2.24, 2.45) is 5.73 Å². The van der Waals surface area contributed by atoms with Crippen LogP contribution in [-0.2, 0) is 6.42 Å². The van der Waals surface area contributed by atoms with E-state index in [2.05, 4.69) is 30.0 Å². The molecule has 20 heavy (non-hydrogen) atoms. The van der Waals surface area contributed by atoms with E-state index >= 15 is 0 Å². The number of aryl methyl sites for hydroxylation is 2. The van der Waals surface area contributed by atoms with Gasteiger partial charge in [-0.2, -0.15) is 0 Å². The Bertz CT molecular complexity index is 455. The minimum Gasteiger partial charge on any atom is -0.367 e. The molecule has 0 amide bonds. The third-order valence-electron chi connectivity index (χ3n) is 5.07. The summed E-state index contributed by atoms with van der Waals surface area (Å²) in [5, 5.41) is 0. The van der Waals surface area contributed by atoms with Crippen molar-refractivity contribution in [3.8, 4) is 0 Å². The molecule has 1 aliphatic heterocycles. The third kappa shape index (κ3) is 2.85. The van der Waals surface area contributed by atoms with Crippen LogP contribution < -0.4 is 10.6 Å². The molecule has 1 saturated carbocycles. The maximum Gasteiger partial charge on any atom is 0.0441 e. The van der Waals surface area contributed by atoms with E-state index in [0.29, 0.717) is 12.1 Å². The van der Waals surface area contributed by atoms with Crippen molar-refractivity contribution >= 4 is 5.69 Å². The molecule has 2 unspecified atom stereocenters. The van der Waals surface area contributed by atoms with Gasteiger partial charge < -0.3 is 10.6 Å². The molecule has 110 valence electrons. The van der Waals surface area contributed by atoms with Crippen LogP contribution in [0.5, 0.6) is 0 Å². The topological polar surface area (TPSA) is 29.3 Å². The number of fused-ring (bicyclic) bond motifs is 1. The van der Waals surface area contributed by atoms with Crippen molar-refractivity contribution in [1.29, 1.82) is 0 Å². The minimum atomic E-state index is 0.350. The molecule has 2 atom stereocenters. The van der Waals surface area contributed by atoms with E-state index in [0.717, 1.165) is 0 Å². The van der Waals surface area contributed by atoms with Crippen molar-refractivity contribution in [3.05, 3.63) is 29.3 Å². The number of nitrogens with two attached hydrogens (primary N) is 1. The molecule has 0 aromatic heterocycles. The largest absolute Gasteiger partial charge is 0.367 e. The van der Waals surface area contributed by atoms with Gasteiger partial charge in [-0.3, -0.25) is 0 Å². The smallest absolute Gasteiger partial charge is 0.0441 e. The predicted molar refractivity (Wildman–Crippen MR) is 86.3 cm³/mol. The second kappa shape index (κ2) is 6.17. The molecule has 2 N–H and O–H groups in total. The molecular formula is C18H28N2. The lowest BCUT2D eigenvalue weighted by Gasteiger charge is -2.41. The van der Waals surface area contributed by atoms with Crippen molar-refractivity contribution in [3.63, 3.8) is 0 Å². The van der Waals surface area contributed by atoms with Gasteiger partial charge in [-0.15, -0.1) is 0 Å². The predicted octanol–water partition coefficient (Wildman–Crippen LogP) is 3.80. The highest BCUT2D eigenvalue weighted by atomic mass is 15.2. The number of rotatable bonds is 1. The molecule has 0 spiro atoms. The average Bonchev–Trinajstić information content (AvgIpc) is 2.43. The summed E-state index contributed by atoms with van der Waals surface area (Å²) in [5.74, 6) is 0. The van der Waals surface area contributed by atoms with Gasteiger partial charge >= 0.3 is 0 Å². The number of hydrogen-bond donors (Lipinski definition) is 1. The Morgan fingerprint density at radius 3 is 2.70 bits per heavy atom. The van der Waals surface area contributed by atoms with Gasteiger partial charge in [0.25, 0.3) is 0 Å². The van der Waals surface area contributed by atoms with E-state index in [1.54, 1.807) is 0 Å². The van der Waals surface area contributed by atoms with E-state index in [4.69, 9.17) is 5.73 Å². The molecule has 1 aromatic rings. The summed E-state index contributed by atoms with van der Waals surface area (Å²) in [7, 11) is 0. The molecule has 0 radical (unpaired) electrons. The molecule has 0 saturated heterocycles. The van der Waals surface area contributed by atoms with E-state index in [-0.39, 0.29) is 0 Å². The standard InChI is InChI=1S/C18H28N2/c1-14-10-11-17-15(13-14)7-6-12-20(17)18-9-5-3-2-4-8-16(18)19/h10-11,13,16,18H,2-9,12,19H2,1H3. The van der Waals surface area contributed by atoms with Crippen molar-refractivity contribution in [2.45, 2.75) is 70.4 Å². The number of hydrogen-bond acceptors (Lipinski definition) is 2. The first-order valence-corrected chi connectivity index (χ1v) is 8.37. The Morgan fingerprint density at radius 2 is 1.85 bits per heavy atom. The Balaban J connectivity index is 1.86. The maximum atomic E-state index is 6.52. The van der Waals surface area contributed by atoms with Gasteiger partial charge in [0.15, 0.2) is 0 Å². The molecular weight excluding hydrogens is 244 g/mol. The second-order valence-corrected chi connectivity index (χ2v) is 6.65. The molecule has 2 nitrogen and oxygen atoms in total. The minimum absolute atomic E-state index is 0.350. The fourth-order valence-corrected chi connectivity index (χ4v) is 3.98. The van der Waals surface area contributed by atoms with Crippen LogP contribution >= 0.6 is 0 Å². The highest BCUT2D eigenvalue weighted by Gasteiger charge is 2.28. The normalized spacial score (nSPS) is 27.6. The molecule has 2 aliphatic rings. The zero-order valence-corrected chi connectivity index (χ0v) is 12.8. The molecule has 1 aliphatic carbocycles. The van der Waals surface area contributed by atoms with Gasteiger partial charge in [0, 0.05) is 24.3 Å². The number of nitrogens with zero attached hydrogens (tertiary/aromatic N) is 1. The number of benzene rings is 1. The van der Waals surface area contributed by atoms with E-state index in [1.807, 2.05) is 0 Å². The van der Waals surface area contributed by atoms with Gasteiger partial charge in [0.1, 0.15) is 0 Å². The summed E-state index contributed by atoms with van der Waals surface area (Å²) in [6.45, 7) is 3.38. The molecule has 1 fully saturated rings. The Hall–Kier alpha value is -1.02. The van der Waals surface area contributed by atoms with Gasteiger partial charge in [-0.05, 0) is 44.2 Å². The summed E-state index contributed by atoms with van der Waals surface area (Å²) in [6.07, 6.45) is 10.4. The summed E-state index contributed by atoms with van der Waals surface area (Å²) < 4.78 is 0. The zero-order chi connectivity index (χ0) is 13.9. The van der Waals surface area contributed by atoms with Crippen LogP contribution in [0, 0.1) is 6.92 Å². The quantitative estimate of drug-likeness (QED) is 0.842. The summed E-state index contributed by atoms with van der Waals surface area (Å²) in [5.41, 5.74) is 10.9. The Morgan fingerprint density at radius 1 is 1.05 bits per heavy atom. The first-order valence-electron chi connectivity index (χ1n) is 8.37. The third-order valence-corrected chi connectivity index (χ3v) is 5.07. The van der Waals surface area contributed by atoms with Gasteiger partial charge in [0.2, 0.25) is 0 Å². The van der Waals surface area contributed by atoms with E-state index < -0.39 is 0 Å². The van der Waals surface area contributed by atoms with Gasteiger partial charge in [-0.1, -0.05) is 43.4 Å². The van der Waals surface area contributed by atoms with E-state index in [9.17, 15) is 0 Å². The van der Waals surface area contributed by atoms with Crippen LogP contribution in [0.15, 0.2) is 18.2 Å². The lowest BCUT2D eigenvalue weighted by atomic mass is 9.89. The lowest BCUT2D eigenvalue weighted by Crippen LogP contribution is -2.50. The SMILES string of the molecule is Cc1ccc2c(c1)CCCN2C1CCCCCCC1N. The Kier molecular flexibility index (Phi) is 4.30. The molecule has 3 rings (SSSR count). The molecule has 1 aromatic carbocycles. The Labute approximate surface area is 123 Å². The van der Waals surface area contributed by atoms with E-state index in [1.165, 1.54) is 74.7 Å². The van der Waals surface area contributed by atoms with Crippen molar-refractivity contribution in [2.75, 3.05) is 11.4 Å².